The fourth-order valence-corrected chi connectivity index (χ4v) is 4.00. The molecule has 2 aromatic rings. The van der Waals surface area contributed by atoms with Crippen LogP contribution in [0.5, 0.6) is 11.5 Å². The van der Waals surface area contributed by atoms with Crippen LogP contribution in [0.3, 0.4) is 0 Å². The quantitative estimate of drug-likeness (QED) is 0.679. The minimum atomic E-state index is -4.39. The van der Waals surface area contributed by atoms with E-state index in [2.05, 4.69) is 0 Å². The smallest absolute Gasteiger partial charge is 0.416 e. The number of carbonyl (C=O) groups excluding carboxylic acids is 1. The molecule has 0 N–H and O–H groups in total. The molecule has 4 rings (SSSR count). The van der Waals surface area contributed by atoms with Crippen molar-refractivity contribution in [2.75, 3.05) is 20.8 Å². The number of piperidine rings is 1. The van der Waals surface area contributed by atoms with Gasteiger partial charge in [0, 0.05) is 24.1 Å². The lowest BCUT2D eigenvalue weighted by Crippen LogP contribution is -2.29. The minimum Gasteiger partial charge on any atom is -0.493 e. The Balaban J connectivity index is 1.55. The Labute approximate surface area is 172 Å². The van der Waals surface area contributed by atoms with Crippen LogP contribution < -0.4 is 9.47 Å². The van der Waals surface area contributed by atoms with Gasteiger partial charge in [-0.05, 0) is 54.3 Å². The van der Waals surface area contributed by atoms with Crippen LogP contribution in [-0.4, -0.2) is 31.6 Å². The first-order chi connectivity index (χ1) is 14.3. The Morgan fingerprint density at radius 1 is 1.07 bits per heavy atom. The second-order valence-electron chi connectivity index (χ2n) is 7.57. The summed E-state index contributed by atoms with van der Waals surface area (Å²) in [5, 5.41) is 0. The van der Waals surface area contributed by atoms with Crippen LogP contribution in [0.15, 0.2) is 48.2 Å². The van der Waals surface area contributed by atoms with Gasteiger partial charge in [0.1, 0.15) is 0 Å². The predicted octanol–water partition coefficient (Wildman–Crippen LogP) is 4.78. The topological polar surface area (TPSA) is 38.8 Å². The van der Waals surface area contributed by atoms with Crippen molar-refractivity contribution in [1.29, 1.82) is 0 Å². The lowest BCUT2D eigenvalue weighted by molar-refractivity contribution is -0.137. The Hall–Kier alpha value is -2.96. The number of benzene rings is 2. The summed E-state index contributed by atoms with van der Waals surface area (Å²) in [6.07, 6.45) is -1.30. The number of alkyl halides is 3. The number of amides is 1. The zero-order valence-corrected chi connectivity index (χ0v) is 16.7. The fourth-order valence-electron chi connectivity index (χ4n) is 4.00. The Morgan fingerprint density at radius 3 is 2.53 bits per heavy atom. The lowest BCUT2D eigenvalue weighted by atomic mass is 10.1. The molecule has 0 aromatic heterocycles. The first kappa shape index (κ1) is 20.3. The van der Waals surface area contributed by atoms with E-state index >= 15 is 0 Å². The molecule has 1 aliphatic carbocycles. The van der Waals surface area contributed by atoms with E-state index < -0.39 is 11.7 Å². The number of fused-ring (bicyclic) bond motifs is 1. The Kier molecular flexibility index (Phi) is 5.22. The summed E-state index contributed by atoms with van der Waals surface area (Å²) in [6.45, 7) is 0.464. The highest BCUT2D eigenvalue weighted by molar-refractivity contribution is 5.90. The van der Waals surface area contributed by atoms with E-state index in [1.165, 1.54) is 6.07 Å². The Morgan fingerprint density at radius 2 is 1.83 bits per heavy atom. The van der Waals surface area contributed by atoms with E-state index in [0.717, 1.165) is 29.8 Å². The van der Waals surface area contributed by atoms with Crippen molar-refractivity contribution >= 4 is 12.0 Å². The second-order valence-corrected chi connectivity index (χ2v) is 7.57. The maximum Gasteiger partial charge on any atom is 0.416 e. The van der Waals surface area contributed by atoms with E-state index in [9.17, 15) is 18.0 Å². The number of ether oxygens (including phenoxy) is 2. The molecule has 2 atom stereocenters. The van der Waals surface area contributed by atoms with Crippen molar-refractivity contribution in [2.24, 2.45) is 11.8 Å². The average molecular weight is 417 g/mol. The molecule has 158 valence electrons. The zero-order valence-electron chi connectivity index (χ0n) is 16.7. The number of hydrogen-bond acceptors (Lipinski definition) is 3. The molecule has 2 fully saturated rings. The standard InChI is InChI=1S/C23H22F3NO3/c1-29-20-7-6-14(12-21(20)30-2)8-9-27-19(17-13-18(17)22(27)28)11-15-4-3-5-16(10-15)23(24,25)26/h3-7,10-12,17-18H,8-9,13H2,1-2H3/b19-11+. The van der Waals surface area contributed by atoms with Gasteiger partial charge >= 0.3 is 6.18 Å². The second kappa shape index (κ2) is 7.70. The maximum atomic E-state index is 13.0. The molecule has 0 bridgehead atoms. The summed E-state index contributed by atoms with van der Waals surface area (Å²) < 4.78 is 49.6. The van der Waals surface area contributed by atoms with E-state index in [4.69, 9.17) is 9.47 Å². The lowest BCUT2D eigenvalue weighted by Gasteiger charge is -2.22. The molecular weight excluding hydrogens is 395 g/mol. The Bertz CT molecular complexity index is 999. The van der Waals surface area contributed by atoms with Crippen LogP contribution in [0.25, 0.3) is 6.08 Å². The van der Waals surface area contributed by atoms with Gasteiger partial charge in [-0.2, -0.15) is 13.2 Å². The highest BCUT2D eigenvalue weighted by Gasteiger charge is 2.55. The number of rotatable bonds is 6. The molecule has 7 heteroatoms. The van der Waals surface area contributed by atoms with Crippen molar-refractivity contribution in [3.8, 4) is 11.5 Å². The van der Waals surface area contributed by atoms with Crippen LogP contribution >= 0.6 is 0 Å². The first-order valence-electron chi connectivity index (χ1n) is 9.73. The molecule has 0 spiro atoms. The van der Waals surface area contributed by atoms with Crippen molar-refractivity contribution in [2.45, 2.75) is 19.0 Å². The van der Waals surface area contributed by atoms with Crippen LogP contribution in [0.1, 0.15) is 23.1 Å². The van der Waals surface area contributed by atoms with Crippen LogP contribution in [0.4, 0.5) is 13.2 Å². The number of halogens is 3. The van der Waals surface area contributed by atoms with Gasteiger partial charge in [0.25, 0.3) is 0 Å². The summed E-state index contributed by atoms with van der Waals surface area (Å²) in [4.78, 5) is 14.4. The van der Waals surface area contributed by atoms with Crippen LogP contribution in [0.2, 0.25) is 0 Å². The largest absolute Gasteiger partial charge is 0.493 e. The molecule has 1 amide bonds. The van der Waals surface area contributed by atoms with E-state index in [1.54, 1.807) is 31.3 Å². The number of likely N-dealkylation sites (tertiary alicyclic amines) is 1. The summed E-state index contributed by atoms with van der Waals surface area (Å²) in [5.41, 5.74) is 1.56. The molecule has 1 aliphatic heterocycles. The predicted molar refractivity (Wildman–Crippen MR) is 106 cm³/mol. The first-order valence-corrected chi connectivity index (χ1v) is 9.73. The van der Waals surface area contributed by atoms with E-state index in [0.29, 0.717) is 30.0 Å². The SMILES string of the molecule is COc1ccc(CCN2C(=O)C3CC3/C2=C\c2cccc(C(F)(F)F)c2)cc1OC. The molecule has 4 nitrogen and oxygen atoms in total. The third-order valence-electron chi connectivity index (χ3n) is 5.67. The normalized spacial score (nSPS) is 21.7. The highest BCUT2D eigenvalue weighted by Crippen LogP contribution is 2.53. The minimum absolute atomic E-state index is 0.0348. The molecule has 2 aliphatic rings. The third-order valence-corrected chi connectivity index (χ3v) is 5.67. The molecule has 1 saturated carbocycles. The van der Waals surface area contributed by atoms with Gasteiger partial charge in [-0.15, -0.1) is 0 Å². The third kappa shape index (κ3) is 3.88. The van der Waals surface area contributed by atoms with Gasteiger partial charge in [-0.3, -0.25) is 4.79 Å². The number of carbonyl (C=O) groups is 1. The van der Waals surface area contributed by atoms with E-state index in [1.807, 2.05) is 18.2 Å². The maximum absolute atomic E-state index is 13.0. The van der Waals surface area contributed by atoms with Crippen molar-refractivity contribution in [3.05, 3.63) is 64.9 Å². The highest BCUT2D eigenvalue weighted by atomic mass is 19.4. The number of hydrogen-bond donors (Lipinski definition) is 0. The molecular formula is C23H22F3NO3. The van der Waals surface area contributed by atoms with Gasteiger partial charge in [0.15, 0.2) is 11.5 Å². The summed E-state index contributed by atoms with van der Waals surface area (Å²) in [6, 6.07) is 10.8. The average Bonchev–Trinajstić information content (AvgIpc) is 3.48. The number of allylic oxidation sites excluding steroid dienone is 1. The van der Waals surface area contributed by atoms with Crippen molar-refractivity contribution < 1.29 is 27.4 Å². The van der Waals surface area contributed by atoms with Gasteiger partial charge in [-0.25, -0.2) is 0 Å². The molecule has 1 saturated heterocycles. The number of methoxy groups -OCH3 is 2. The monoisotopic (exact) mass is 417 g/mol. The fraction of sp³-hybridized carbons (Fsp3) is 0.348. The van der Waals surface area contributed by atoms with Gasteiger partial charge < -0.3 is 14.4 Å². The van der Waals surface area contributed by atoms with Crippen LogP contribution in [0, 0.1) is 11.8 Å². The van der Waals surface area contributed by atoms with Crippen molar-refractivity contribution in [1.82, 2.24) is 4.90 Å². The van der Waals surface area contributed by atoms with Crippen molar-refractivity contribution in [3.63, 3.8) is 0 Å². The molecule has 2 unspecified atom stereocenters. The number of nitrogens with zero attached hydrogens (tertiary/aromatic N) is 1. The summed E-state index contributed by atoms with van der Waals surface area (Å²) in [5.74, 6) is 1.37. The molecule has 0 radical (unpaired) electrons. The molecule has 30 heavy (non-hydrogen) atoms. The molecule has 1 heterocycles. The zero-order chi connectivity index (χ0) is 21.5. The van der Waals surface area contributed by atoms with E-state index in [-0.39, 0.29) is 17.7 Å². The van der Waals surface area contributed by atoms with Crippen LogP contribution in [-0.2, 0) is 17.4 Å². The van der Waals surface area contributed by atoms with Gasteiger partial charge in [-0.1, -0.05) is 18.2 Å². The summed E-state index contributed by atoms with van der Waals surface area (Å²) >= 11 is 0. The summed E-state index contributed by atoms with van der Waals surface area (Å²) in [7, 11) is 3.13. The van der Waals surface area contributed by atoms with Gasteiger partial charge in [0.05, 0.1) is 19.8 Å². The van der Waals surface area contributed by atoms with Gasteiger partial charge in [0.2, 0.25) is 5.91 Å². The molecule has 2 aromatic carbocycles.